The smallest absolute Gasteiger partial charge is 0.0476 e. The Balaban J connectivity index is 2.12. The summed E-state index contributed by atoms with van der Waals surface area (Å²) in [6.45, 7) is 12.4. The van der Waals surface area contributed by atoms with E-state index in [4.69, 9.17) is 0 Å². The second-order valence-electron chi connectivity index (χ2n) is 5.20. The van der Waals surface area contributed by atoms with E-state index in [1.54, 1.807) is 0 Å². The monoisotopic (exact) mass is 261 g/mol. The molecule has 0 saturated carbocycles. The summed E-state index contributed by atoms with van der Waals surface area (Å²) < 4.78 is 0. The van der Waals surface area contributed by atoms with Crippen LogP contribution >= 0.6 is 0 Å². The van der Waals surface area contributed by atoms with Crippen molar-refractivity contribution in [2.75, 3.05) is 45.8 Å². The summed E-state index contributed by atoms with van der Waals surface area (Å²) in [6, 6.07) is 11.5. The molecule has 0 amide bonds. The number of nitrogens with one attached hydrogen (secondary N) is 1. The normalized spacial score (nSPS) is 18.7. The van der Waals surface area contributed by atoms with Crippen molar-refractivity contribution in [2.45, 2.75) is 19.9 Å². The number of likely N-dealkylation sites (N-methyl/N-ethyl adjacent to an activating group) is 1. The van der Waals surface area contributed by atoms with Crippen LogP contribution in [-0.4, -0.2) is 55.6 Å². The van der Waals surface area contributed by atoms with Crippen LogP contribution in [0.4, 0.5) is 0 Å². The second kappa shape index (κ2) is 7.63. The van der Waals surface area contributed by atoms with Gasteiger partial charge in [-0.3, -0.25) is 4.90 Å². The molecule has 0 aromatic heterocycles. The standard InChI is InChI=1S/C16H27N3/c1-3-18(4-2)14-16(15-8-6-5-7-9-15)19-12-10-17-11-13-19/h5-9,16-17H,3-4,10-14H2,1-2H3/t16-/m1/s1. The van der Waals surface area contributed by atoms with Gasteiger partial charge in [0, 0.05) is 38.8 Å². The molecule has 106 valence electrons. The van der Waals surface area contributed by atoms with Crippen molar-refractivity contribution in [1.82, 2.24) is 15.1 Å². The number of hydrogen-bond donors (Lipinski definition) is 1. The van der Waals surface area contributed by atoms with E-state index < -0.39 is 0 Å². The van der Waals surface area contributed by atoms with E-state index in [9.17, 15) is 0 Å². The molecule has 19 heavy (non-hydrogen) atoms. The topological polar surface area (TPSA) is 18.5 Å². The number of nitrogens with zero attached hydrogens (tertiary/aromatic N) is 2. The first-order valence-electron chi connectivity index (χ1n) is 7.57. The van der Waals surface area contributed by atoms with E-state index in [-0.39, 0.29) is 0 Å². The predicted octanol–water partition coefficient (Wildman–Crippen LogP) is 1.97. The quantitative estimate of drug-likeness (QED) is 0.845. The summed E-state index contributed by atoms with van der Waals surface area (Å²) in [5.74, 6) is 0. The predicted molar refractivity (Wildman–Crippen MR) is 81.4 cm³/mol. The maximum Gasteiger partial charge on any atom is 0.0476 e. The van der Waals surface area contributed by atoms with Crippen LogP contribution in [0.3, 0.4) is 0 Å². The largest absolute Gasteiger partial charge is 0.314 e. The van der Waals surface area contributed by atoms with Crippen molar-refractivity contribution >= 4 is 0 Å². The minimum atomic E-state index is 0.531. The van der Waals surface area contributed by atoms with Crippen molar-refractivity contribution in [3.8, 4) is 0 Å². The molecule has 3 heteroatoms. The summed E-state index contributed by atoms with van der Waals surface area (Å²) >= 11 is 0. The van der Waals surface area contributed by atoms with Gasteiger partial charge in [0.2, 0.25) is 0 Å². The maximum atomic E-state index is 3.45. The molecule has 1 fully saturated rings. The Morgan fingerprint density at radius 2 is 1.74 bits per heavy atom. The SMILES string of the molecule is CCN(CC)C[C@H](c1ccccc1)N1CCNCC1. The zero-order chi connectivity index (χ0) is 13.5. The van der Waals surface area contributed by atoms with E-state index in [2.05, 4.69) is 59.3 Å². The summed E-state index contributed by atoms with van der Waals surface area (Å²) in [6.07, 6.45) is 0. The lowest BCUT2D eigenvalue weighted by Gasteiger charge is -2.37. The lowest BCUT2D eigenvalue weighted by atomic mass is 10.0. The molecular formula is C16H27N3. The van der Waals surface area contributed by atoms with Crippen molar-refractivity contribution in [3.05, 3.63) is 35.9 Å². The first-order valence-corrected chi connectivity index (χ1v) is 7.57. The zero-order valence-corrected chi connectivity index (χ0v) is 12.3. The lowest BCUT2D eigenvalue weighted by molar-refractivity contribution is 0.129. The highest BCUT2D eigenvalue weighted by Crippen LogP contribution is 2.22. The highest BCUT2D eigenvalue weighted by Gasteiger charge is 2.23. The molecular weight excluding hydrogens is 234 g/mol. The minimum Gasteiger partial charge on any atom is -0.314 e. The fourth-order valence-corrected chi connectivity index (χ4v) is 2.83. The van der Waals surface area contributed by atoms with Crippen molar-refractivity contribution in [1.29, 1.82) is 0 Å². The van der Waals surface area contributed by atoms with Crippen LogP contribution in [0.2, 0.25) is 0 Å². The zero-order valence-electron chi connectivity index (χ0n) is 12.3. The summed E-state index contributed by atoms with van der Waals surface area (Å²) in [5.41, 5.74) is 1.45. The molecule has 0 radical (unpaired) electrons. The van der Waals surface area contributed by atoms with Gasteiger partial charge < -0.3 is 10.2 Å². The van der Waals surface area contributed by atoms with Gasteiger partial charge in [-0.25, -0.2) is 0 Å². The number of benzene rings is 1. The van der Waals surface area contributed by atoms with Crippen molar-refractivity contribution in [2.24, 2.45) is 0 Å². The van der Waals surface area contributed by atoms with Gasteiger partial charge in [-0.05, 0) is 18.7 Å². The van der Waals surface area contributed by atoms with E-state index in [1.807, 2.05) is 0 Å². The molecule has 1 saturated heterocycles. The third kappa shape index (κ3) is 4.03. The van der Waals surface area contributed by atoms with Crippen molar-refractivity contribution in [3.63, 3.8) is 0 Å². The van der Waals surface area contributed by atoms with E-state index in [0.29, 0.717) is 6.04 Å². The van der Waals surface area contributed by atoms with Gasteiger partial charge in [-0.15, -0.1) is 0 Å². The number of rotatable bonds is 6. The lowest BCUT2D eigenvalue weighted by Crippen LogP contribution is -2.48. The van der Waals surface area contributed by atoms with Crippen LogP contribution in [0.1, 0.15) is 25.5 Å². The molecule has 0 bridgehead atoms. The Bertz CT molecular complexity index is 342. The molecule has 1 aliphatic rings. The average molecular weight is 261 g/mol. The third-order valence-electron chi connectivity index (χ3n) is 4.10. The number of hydrogen-bond acceptors (Lipinski definition) is 3. The highest BCUT2D eigenvalue weighted by molar-refractivity contribution is 5.19. The van der Waals surface area contributed by atoms with Gasteiger partial charge in [0.1, 0.15) is 0 Å². The van der Waals surface area contributed by atoms with Gasteiger partial charge >= 0.3 is 0 Å². The number of piperazine rings is 1. The molecule has 0 spiro atoms. The fraction of sp³-hybridized carbons (Fsp3) is 0.625. The fourth-order valence-electron chi connectivity index (χ4n) is 2.83. The summed E-state index contributed by atoms with van der Waals surface area (Å²) in [7, 11) is 0. The van der Waals surface area contributed by atoms with Crippen LogP contribution < -0.4 is 5.32 Å². The summed E-state index contributed by atoms with van der Waals surface area (Å²) in [4.78, 5) is 5.16. The molecule has 3 nitrogen and oxygen atoms in total. The first-order chi connectivity index (χ1) is 9.35. The Labute approximate surface area is 117 Å². The first kappa shape index (κ1) is 14.5. The molecule has 1 N–H and O–H groups in total. The second-order valence-corrected chi connectivity index (χ2v) is 5.20. The van der Waals surface area contributed by atoms with Crippen LogP contribution in [0.15, 0.2) is 30.3 Å². The van der Waals surface area contributed by atoms with Gasteiger partial charge in [-0.1, -0.05) is 44.2 Å². The third-order valence-corrected chi connectivity index (χ3v) is 4.10. The molecule has 1 heterocycles. The highest BCUT2D eigenvalue weighted by atomic mass is 15.2. The molecule has 1 aliphatic heterocycles. The van der Waals surface area contributed by atoms with Gasteiger partial charge in [0.05, 0.1) is 0 Å². The Kier molecular flexibility index (Phi) is 5.83. The molecule has 1 aromatic carbocycles. The summed E-state index contributed by atoms with van der Waals surface area (Å²) in [5, 5.41) is 3.45. The van der Waals surface area contributed by atoms with Crippen LogP contribution in [0, 0.1) is 0 Å². The van der Waals surface area contributed by atoms with Crippen LogP contribution in [0.5, 0.6) is 0 Å². The van der Waals surface area contributed by atoms with Crippen molar-refractivity contribution < 1.29 is 0 Å². The Hall–Kier alpha value is -0.900. The maximum absolute atomic E-state index is 3.45. The average Bonchev–Trinajstić information content (AvgIpc) is 2.50. The van der Waals surface area contributed by atoms with E-state index in [0.717, 1.165) is 45.8 Å². The van der Waals surface area contributed by atoms with Gasteiger partial charge in [0.15, 0.2) is 0 Å². The molecule has 1 atom stereocenters. The molecule has 0 aliphatic carbocycles. The minimum absolute atomic E-state index is 0.531. The van der Waals surface area contributed by atoms with Gasteiger partial charge in [0.25, 0.3) is 0 Å². The molecule has 0 unspecified atom stereocenters. The Morgan fingerprint density at radius 3 is 2.32 bits per heavy atom. The van der Waals surface area contributed by atoms with Crippen LogP contribution in [-0.2, 0) is 0 Å². The van der Waals surface area contributed by atoms with Gasteiger partial charge in [-0.2, -0.15) is 0 Å². The van der Waals surface area contributed by atoms with E-state index >= 15 is 0 Å². The van der Waals surface area contributed by atoms with E-state index in [1.165, 1.54) is 5.56 Å². The molecule has 1 aromatic rings. The van der Waals surface area contributed by atoms with Crippen LogP contribution in [0.25, 0.3) is 0 Å². The Morgan fingerprint density at radius 1 is 1.11 bits per heavy atom. The molecule has 2 rings (SSSR count).